The smallest absolute Gasteiger partial charge is 0.0666 e. The molecular weight excluding hydrogens is 136 g/mol. The van der Waals surface area contributed by atoms with Gasteiger partial charge in [0.2, 0.25) is 0 Å². The summed E-state index contributed by atoms with van der Waals surface area (Å²) in [5.41, 5.74) is 3.56. The Balaban J connectivity index is 2.90. The highest BCUT2D eigenvalue weighted by Gasteiger charge is 1.97. The maximum atomic E-state index is 4.20. The minimum Gasteiger partial charge on any atom is -0.320 e. The van der Waals surface area contributed by atoms with Gasteiger partial charge in [-0.25, -0.2) is 0 Å². The standard InChI is InChI=1S/C9H10N2/c1-7-5-9-8(2)10-3-4-11(9)6-7/h3-6H,1-2H3. The molecule has 2 heterocycles. The highest BCUT2D eigenvalue weighted by Crippen LogP contribution is 2.10. The van der Waals surface area contributed by atoms with Gasteiger partial charge in [-0.1, -0.05) is 0 Å². The van der Waals surface area contributed by atoms with Gasteiger partial charge in [0.15, 0.2) is 0 Å². The molecule has 0 radical (unpaired) electrons. The normalized spacial score (nSPS) is 10.7. The van der Waals surface area contributed by atoms with Crippen LogP contribution < -0.4 is 0 Å². The first kappa shape index (κ1) is 6.40. The Labute approximate surface area is 65.5 Å². The van der Waals surface area contributed by atoms with E-state index in [4.69, 9.17) is 0 Å². The first-order valence-electron chi connectivity index (χ1n) is 3.67. The van der Waals surface area contributed by atoms with Crippen molar-refractivity contribution in [1.82, 2.24) is 9.38 Å². The second-order valence-corrected chi connectivity index (χ2v) is 2.82. The van der Waals surface area contributed by atoms with E-state index < -0.39 is 0 Å². The monoisotopic (exact) mass is 146 g/mol. The third-order valence-corrected chi connectivity index (χ3v) is 1.85. The van der Waals surface area contributed by atoms with Crippen molar-refractivity contribution >= 4 is 5.52 Å². The molecule has 0 N–H and O–H groups in total. The minimum absolute atomic E-state index is 1.08. The van der Waals surface area contributed by atoms with E-state index in [9.17, 15) is 0 Å². The summed E-state index contributed by atoms with van der Waals surface area (Å²) in [6, 6.07) is 2.14. The predicted molar refractivity (Wildman–Crippen MR) is 44.7 cm³/mol. The van der Waals surface area contributed by atoms with Crippen molar-refractivity contribution in [3.8, 4) is 0 Å². The molecule has 0 fully saturated rings. The fourth-order valence-corrected chi connectivity index (χ4v) is 1.31. The molecule has 0 aliphatic carbocycles. The summed E-state index contributed by atoms with van der Waals surface area (Å²) < 4.78 is 2.09. The van der Waals surface area contributed by atoms with Gasteiger partial charge in [0.05, 0.1) is 11.2 Å². The maximum Gasteiger partial charge on any atom is 0.0666 e. The number of hydrogen-bond acceptors (Lipinski definition) is 1. The Kier molecular flexibility index (Phi) is 1.22. The van der Waals surface area contributed by atoms with Crippen molar-refractivity contribution in [3.63, 3.8) is 0 Å². The number of rotatable bonds is 0. The topological polar surface area (TPSA) is 17.3 Å². The van der Waals surface area contributed by atoms with E-state index in [-0.39, 0.29) is 0 Å². The largest absolute Gasteiger partial charge is 0.320 e. The van der Waals surface area contributed by atoms with Crippen molar-refractivity contribution in [2.45, 2.75) is 13.8 Å². The van der Waals surface area contributed by atoms with Crippen LogP contribution in [0.3, 0.4) is 0 Å². The molecule has 11 heavy (non-hydrogen) atoms. The summed E-state index contributed by atoms with van der Waals surface area (Å²) in [5.74, 6) is 0. The van der Waals surface area contributed by atoms with E-state index in [1.165, 1.54) is 11.1 Å². The van der Waals surface area contributed by atoms with Crippen LogP contribution >= 0.6 is 0 Å². The molecule has 0 unspecified atom stereocenters. The predicted octanol–water partition coefficient (Wildman–Crippen LogP) is 1.95. The van der Waals surface area contributed by atoms with Crippen LogP contribution in [-0.4, -0.2) is 9.38 Å². The average Bonchev–Trinajstić information content (AvgIpc) is 2.31. The molecule has 0 saturated heterocycles. The van der Waals surface area contributed by atoms with Crippen LogP contribution in [-0.2, 0) is 0 Å². The first-order valence-corrected chi connectivity index (χ1v) is 3.67. The third-order valence-electron chi connectivity index (χ3n) is 1.85. The number of nitrogens with zero attached hydrogens (tertiary/aromatic N) is 2. The van der Waals surface area contributed by atoms with Crippen molar-refractivity contribution in [2.75, 3.05) is 0 Å². The molecule has 0 atom stereocenters. The van der Waals surface area contributed by atoms with Crippen LogP contribution in [0.15, 0.2) is 24.7 Å². The number of aromatic nitrogens is 2. The van der Waals surface area contributed by atoms with Gasteiger partial charge >= 0.3 is 0 Å². The van der Waals surface area contributed by atoms with E-state index in [1.807, 2.05) is 19.3 Å². The molecule has 0 spiro atoms. The molecule has 0 saturated carbocycles. The molecule has 2 heteroatoms. The summed E-state index contributed by atoms with van der Waals surface area (Å²) in [5, 5.41) is 0. The fourth-order valence-electron chi connectivity index (χ4n) is 1.31. The number of aryl methyl sites for hydroxylation is 2. The molecule has 0 aliphatic heterocycles. The highest BCUT2D eigenvalue weighted by atomic mass is 14.9. The minimum atomic E-state index is 1.08. The molecule has 2 aromatic heterocycles. The van der Waals surface area contributed by atoms with E-state index in [0.717, 1.165) is 5.69 Å². The van der Waals surface area contributed by atoms with E-state index >= 15 is 0 Å². The Morgan fingerprint density at radius 2 is 2.18 bits per heavy atom. The summed E-state index contributed by atoms with van der Waals surface area (Å²) in [6.07, 6.45) is 5.89. The summed E-state index contributed by atoms with van der Waals surface area (Å²) in [6.45, 7) is 4.11. The molecule has 2 nitrogen and oxygen atoms in total. The van der Waals surface area contributed by atoms with E-state index in [2.05, 4.69) is 28.6 Å². The van der Waals surface area contributed by atoms with Gasteiger partial charge < -0.3 is 4.40 Å². The van der Waals surface area contributed by atoms with Crippen molar-refractivity contribution in [3.05, 3.63) is 35.9 Å². The third kappa shape index (κ3) is 0.909. The zero-order valence-corrected chi connectivity index (χ0v) is 6.70. The molecular formula is C9H10N2. The van der Waals surface area contributed by atoms with Crippen LogP contribution in [0.25, 0.3) is 5.52 Å². The van der Waals surface area contributed by atoms with Crippen LogP contribution in [0.2, 0.25) is 0 Å². The van der Waals surface area contributed by atoms with Crippen molar-refractivity contribution in [2.24, 2.45) is 0 Å². The van der Waals surface area contributed by atoms with Gasteiger partial charge in [-0.2, -0.15) is 0 Å². The quantitative estimate of drug-likeness (QED) is 0.555. The van der Waals surface area contributed by atoms with E-state index in [1.54, 1.807) is 0 Å². The molecule has 0 bridgehead atoms. The van der Waals surface area contributed by atoms with Crippen LogP contribution in [0.1, 0.15) is 11.3 Å². The molecule has 0 aliphatic rings. The fraction of sp³-hybridized carbons (Fsp3) is 0.222. The average molecular weight is 146 g/mol. The second-order valence-electron chi connectivity index (χ2n) is 2.82. The van der Waals surface area contributed by atoms with Gasteiger partial charge in [-0.3, -0.25) is 4.98 Å². The lowest BCUT2D eigenvalue weighted by molar-refractivity contribution is 1.09. The Bertz CT molecular complexity index is 387. The SMILES string of the molecule is Cc1cc2c(C)nccn2c1. The van der Waals surface area contributed by atoms with Crippen LogP contribution in [0.4, 0.5) is 0 Å². The Hall–Kier alpha value is -1.31. The van der Waals surface area contributed by atoms with Gasteiger partial charge in [0.1, 0.15) is 0 Å². The highest BCUT2D eigenvalue weighted by molar-refractivity contribution is 5.53. The van der Waals surface area contributed by atoms with Crippen molar-refractivity contribution in [1.29, 1.82) is 0 Å². The van der Waals surface area contributed by atoms with Crippen LogP contribution in [0.5, 0.6) is 0 Å². The summed E-state index contributed by atoms with van der Waals surface area (Å²) in [7, 11) is 0. The summed E-state index contributed by atoms with van der Waals surface area (Å²) in [4.78, 5) is 4.20. The first-order chi connectivity index (χ1) is 5.27. The number of fused-ring (bicyclic) bond motifs is 1. The molecule has 0 amide bonds. The lowest BCUT2D eigenvalue weighted by Gasteiger charge is -1.94. The Morgan fingerprint density at radius 1 is 1.36 bits per heavy atom. The molecule has 2 rings (SSSR count). The van der Waals surface area contributed by atoms with Gasteiger partial charge in [0.25, 0.3) is 0 Å². The molecule has 2 aromatic rings. The lowest BCUT2D eigenvalue weighted by atomic mass is 10.3. The number of hydrogen-bond donors (Lipinski definition) is 0. The van der Waals surface area contributed by atoms with E-state index in [0.29, 0.717) is 0 Å². The van der Waals surface area contributed by atoms with Crippen molar-refractivity contribution < 1.29 is 0 Å². The maximum absolute atomic E-state index is 4.20. The zero-order chi connectivity index (χ0) is 7.84. The Morgan fingerprint density at radius 3 is 2.91 bits per heavy atom. The summed E-state index contributed by atoms with van der Waals surface area (Å²) >= 11 is 0. The van der Waals surface area contributed by atoms with Gasteiger partial charge in [-0.05, 0) is 25.5 Å². The molecule has 56 valence electrons. The molecule has 0 aromatic carbocycles. The second kappa shape index (κ2) is 2.09. The van der Waals surface area contributed by atoms with Gasteiger partial charge in [0, 0.05) is 18.6 Å². The lowest BCUT2D eigenvalue weighted by Crippen LogP contribution is -1.86. The zero-order valence-electron chi connectivity index (χ0n) is 6.70. The van der Waals surface area contributed by atoms with Gasteiger partial charge in [-0.15, -0.1) is 0 Å². The van der Waals surface area contributed by atoms with Crippen LogP contribution in [0, 0.1) is 13.8 Å².